The van der Waals surface area contributed by atoms with Crippen molar-refractivity contribution in [1.82, 2.24) is 4.57 Å². The van der Waals surface area contributed by atoms with Gasteiger partial charge < -0.3 is 14.2 Å². The Bertz CT molecular complexity index is 1790. The Morgan fingerprint density at radius 1 is 1.07 bits per heavy atom. The van der Waals surface area contributed by atoms with Gasteiger partial charge in [0.25, 0.3) is 5.56 Å². The lowest BCUT2D eigenvalue weighted by molar-refractivity contribution is -0.139. The van der Waals surface area contributed by atoms with Gasteiger partial charge in [0, 0.05) is 0 Å². The second-order valence-electron chi connectivity index (χ2n) is 9.16. The van der Waals surface area contributed by atoms with Crippen molar-refractivity contribution in [3.63, 3.8) is 0 Å². The summed E-state index contributed by atoms with van der Waals surface area (Å²) in [6, 6.07) is 20.3. The summed E-state index contributed by atoms with van der Waals surface area (Å²) in [5, 5.41) is 0. The van der Waals surface area contributed by atoms with Crippen molar-refractivity contribution in [2.24, 2.45) is 4.99 Å². The number of rotatable bonds is 8. The third-order valence-electron chi connectivity index (χ3n) is 6.49. The molecule has 1 aliphatic rings. The molecule has 0 saturated heterocycles. The minimum atomic E-state index is -0.689. The molecule has 2 heterocycles. The van der Waals surface area contributed by atoms with Gasteiger partial charge in [0.2, 0.25) is 0 Å². The zero-order chi connectivity index (χ0) is 29.1. The molecule has 0 amide bonds. The SMILES string of the molecule is CCOC(=O)C1=C(C)N=c2s/c(=C\c3cc(Br)c(OCc4ccccc4)c(Br)c3)c(=O)n2[C@@H]1c1ccc(OC)cc1. The molecule has 7 nitrogen and oxygen atoms in total. The van der Waals surface area contributed by atoms with E-state index in [0.717, 1.165) is 25.6 Å². The molecule has 3 aromatic carbocycles. The van der Waals surface area contributed by atoms with E-state index in [9.17, 15) is 9.59 Å². The van der Waals surface area contributed by atoms with Gasteiger partial charge in [-0.3, -0.25) is 9.36 Å². The molecule has 0 bridgehead atoms. The third kappa shape index (κ3) is 6.10. The topological polar surface area (TPSA) is 79.1 Å². The molecule has 10 heteroatoms. The number of esters is 1. The molecule has 4 aromatic rings. The molecule has 0 N–H and O–H groups in total. The molecule has 1 aromatic heterocycles. The van der Waals surface area contributed by atoms with E-state index in [1.54, 1.807) is 37.7 Å². The van der Waals surface area contributed by atoms with E-state index in [2.05, 4.69) is 36.9 Å². The lowest BCUT2D eigenvalue weighted by Gasteiger charge is -2.24. The van der Waals surface area contributed by atoms with Crippen molar-refractivity contribution in [3.05, 3.63) is 123 Å². The van der Waals surface area contributed by atoms with Crippen molar-refractivity contribution in [3.8, 4) is 11.5 Å². The first-order chi connectivity index (χ1) is 19.8. The molecule has 0 unspecified atom stereocenters. The number of allylic oxidation sites excluding steroid dienone is 1. The number of methoxy groups -OCH3 is 1. The molecule has 0 spiro atoms. The fraction of sp³-hybridized carbons (Fsp3) is 0.194. The van der Waals surface area contributed by atoms with Crippen LogP contribution in [0, 0.1) is 0 Å². The highest BCUT2D eigenvalue weighted by atomic mass is 79.9. The van der Waals surface area contributed by atoms with Crippen LogP contribution in [0.25, 0.3) is 6.08 Å². The molecule has 0 aliphatic carbocycles. The zero-order valence-electron chi connectivity index (χ0n) is 22.5. The van der Waals surface area contributed by atoms with Crippen LogP contribution in [0.2, 0.25) is 0 Å². The molecule has 0 radical (unpaired) electrons. The van der Waals surface area contributed by atoms with Gasteiger partial charge in [0.05, 0.1) is 44.5 Å². The molecule has 1 aliphatic heterocycles. The van der Waals surface area contributed by atoms with E-state index in [1.165, 1.54) is 11.3 Å². The van der Waals surface area contributed by atoms with Crippen LogP contribution in [-0.2, 0) is 16.1 Å². The van der Waals surface area contributed by atoms with Crippen LogP contribution in [0.1, 0.15) is 36.6 Å². The number of nitrogens with zero attached hydrogens (tertiary/aromatic N) is 2. The summed E-state index contributed by atoms with van der Waals surface area (Å²) in [6.45, 7) is 4.15. The van der Waals surface area contributed by atoms with Crippen LogP contribution in [0.15, 0.2) is 96.7 Å². The summed E-state index contributed by atoms with van der Waals surface area (Å²) in [5.41, 5.74) is 3.20. The standard InChI is InChI=1S/C31H26Br2N2O5S/c1-4-39-30(37)26-18(2)34-31-35(27(26)21-10-12-22(38-3)13-11-21)29(36)25(41-31)16-20-14-23(32)28(24(33)15-20)40-17-19-8-6-5-7-9-19/h5-16,27H,4,17H2,1-3H3/b25-16-/t27-/m1/s1. The zero-order valence-corrected chi connectivity index (χ0v) is 26.5. The van der Waals surface area contributed by atoms with E-state index in [-0.39, 0.29) is 12.2 Å². The van der Waals surface area contributed by atoms with Crippen molar-refractivity contribution < 1.29 is 19.0 Å². The van der Waals surface area contributed by atoms with Gasteiger partial charge in [0.1, 0.15) is 18.1 Å². The van der Waals surface area contributed by atoms with E-state index in [0.29, 0.717) is 38.7 Å². The number of halogens is 2. The van der Waals surface area contributed by atoms with Crippen molar-refractivity contribution in [2.75, 3.05) is 13.7 Å². The van der Waals surface area contributed by atoms with E-state index in [4.69, 9.17) is 14.2 Å². The molecular formula is C31H26Br2N2O5S. The first-order valence-electron chi connectivity index (χ1n) is 12.8. The van der Waals surface area contributed by atoms with Crippen molar-refractivity contribution in [1.29, 1.82) is 0 Å². The highest BCUT2D eigenvalue weighted by molar-refractivity contribution is 9.11. The molecular weight excluding hydrogens is 672 g/mol. The second kappa shape index (κ2) is 12.6. The van der Waals surface area contributed by atoms with Gasteiger partial charge in [-0.25, -0.2) is 9.79 Å². The fourth-order valence-electron chi connectivity index (χ4n) is 4.57. The number of benzene rings is 3. The number of thiazole rings is 1. The number of aromatic nitrogens is 1. The van der Waals surface area contributed by atoms with Crippen molar-refractivity contribution in [2.45, 2.75) is 26.5 Å². The number of hydrogen-bond acceptors (Lipinski definition) is 7. The number of carbonyl (C=O) groups is 1. The van der Waals surface area contributed by atoms with Crippen LogP contribution in [0.3, 0.4) is 0 Å². The average molecular weight is 698 g/mol. The Hall–Kier alpha value is -3.47. The van der Waals surface area contributed by atoms with Gasteiger partial charge in [-0.15, -0.1) is 0 Å². The fourth-order valence-corrected chi connectivity index (χ4v) is 7.07. The lowest BCUT2D eigenvalue weighted by atomic mass is 9.96. The number of carbonyl (C=O) groups excluding carboxylic acids is 1. The number of hydrogen-bond donors (Lipinski definition) is 0. The Labute approximate surface area is 257 Å². The molecule has 0 saturated carbocycles. The van der Waals surface area contributed by atoms with Gasteiger partial charge in [-0.2, -0.15) is 0 Å². The van der Waals surface area contributed by atoms with Crippen LogP contribution >= 0.6 is 43.2 Å². The minimum Gasteiger partial charge on any atom is -0.497 e. The van der Waals surface area contributed by atoms with Crippen LogP contribution in [0.4, 0.5) is 0 Å². The third-order valence-corrected chi connectivity index (χ3v) is 8.65. The summed E-state index contributed by atoms with van der Waals surface area (Å²) >= 11 is 8.51. The maximum atomic E-state index is 13.9. The van der Waals surface area contributed by atoms with Crippen molar-refractivity contribution >= 4 is 55.2 Å². The normalized spacial score (nSPS) is 14.9. The van der Waals surface area contributed by atoms with Crippen LogP contribution in [0.5, 0.6) is 11.5 Å². The molecule has 0 fully saturated rings. The van der Waals surface area contributed by atoms with Gasteiger partial charge >= 0.3 is 5.97 Å². The Kier molecular flexibility index (Phi) is 8.91. The van der Waals surface area contributed by atoms with Crippen LogP contribution < -0.4 is 24.4 Å². The monoisotopic (exact) mass is 696 g/mol. The first-order valence-corrected chi connectivity index (χ1v) is 15.2. The predicted octanol–water partition coefficient (Wildman–Crippen LogP) is 5.91. The smallest absolute Gasteiger partial charge is 0.338 e. The second-order valence-corrected chi connectivity index (χ2v) is 11.9. The van der Waals surface area contributed by atoms with Gasteiger partial charge in [-0.05, 0) is 92.7 Å². The average Bonchev–Trinajstić information content (AvgIpc) is 3.26. The summed E-state index contributed by atoms with van der Waals surface area (Å²) < 4.78 is 20.3. The maximum Gasteiger partial charge on any atom is 0.338 e. The molecule has 5 rings (SSSR count). The van der Waals surface area contributed by atoms with Gasteiger partial charge in [-0.1, -0.05) is 53.8 Å². The predicted molar refractivity (Wildman–Crippen MR) is 166 cm³/mol. The lowest BCUT2D eigenvalue weighted by Crippen LogP contribution is -2.39. The Morgan fingerprint density at radius 3 is 2.39 bits per heavy atom. The van der Waals surface area contributed by atoms with Crippen LogP contribution in [-0.4, -0.2) is 24.3 Å². The van der Waals surface area contributed by atoms with E-state index < -0.39 is 12.0 Å². The Morgan fingerprint density at radius 2 is 1.76 bits per heavy atom. The molecule has 41 heavy (non-hydrogen) atoms. The summed E-state index contributed by atoms with van der Waals surface area (Å²) in [4.78, 5) is 32.1. The summed E-state index contributed by atoms with van der Waals surface area (Å²) in [5.74, 6) is 0.844. The maximum absolute atomic E-state index is 13.9. The highest BCUT2D eigenvalue weighted by Gasteiger charge is 2.33. The summed E-state index contributed by atoms with van der Waals surface area (Å²) in [6.07, 6.45) is 1.81. The highest BCUT2D eigenvalue weighted by Crippen LogP contribution is 2.36. The van der Waals surface area contributed by atoms with Gasteiger partial charge in [0.15, 0.2) is 4.80 Å². The van der Waals surface area contributed by atoms with E-state index >= 15 is 0 Å². The Balaban J connectivity index is 1.56. The minimum absolute atomic E-state index is 0.212. The summed E-state index contributed by atoms with van der Waals surface area (Å²) in [7, 11) is 1.59. The van der Waals surface area contributed by atoms with E-state index in [1.807, 2.05) is 60.7 Å². The number of fused-ring (bicyclic) bond motifs is 1. The number of ether oxygens (including phenoxy) is 3. The largest absolute Gasteiger partial charge is 0.497 e. The first kappa shape index (κ1) is 29.0. The molecule has 210 valence electrons. The quantitative estimate of drug-likeness (QED) is 0.214. The molecule has 1 atom stereocenters.